The minimum absolute atomic E-state index is 0.0138. The number of aliphatic hydroxyl groups is 1. The lowest BCUT2D eigenvalue weighted by atomic mass is 9.79. The molecule has 0 bridgehead atoms. The van der Waals surface area contributed by atoms with Gasteiger partial charge in [-0.25, -0.2) is 9.59 Å². The predicted octanol–water partition coefficient (Wildman–Crippen LogP) is 6.71. The maximum Gasteiger partial charge on any atom is 0.410 e. The van der Waals surface area contributed by atoms with E-state index in [1.54, 1.807) is 18.7 Å². The Morgan fingerprint density at radius 1 is 1.20 bits per heavy atom. The Bertz CT molecular complexity index is 1250. The molecule has 3 heterocycles. The Labute approximate surface area is 292 Å². The smallest absolute Gasteiger partial charge is 0.410 e. The first-order valence-corrected chi connectivity index (χ1v) is 17.9. The third kappa shape index (κ3) is 10.1. The van der Waals surface area contributed by atoms with E-state index in [2.05, 4.69) is 55.9 Å². The van der Waals surface area contributed by atoms with Crippen LogP contribution in [0.5, 0.6) is 0 Å². The van der Waals surface area contributed by atoms with E-state index in [1.165, 1.54) is 6.08 Å². The number of azide groups is 1. The Morgan fingerprint density at radius 3 is 2.51 bits per heavy atom. The predicted molar refractivity (Wildman–Crippen MR) is 186 cm³/mol. The largest absolute Gasteiger partial charge is 0.456 e. The van der Waals surface area contributed by atoms with Gasteiger partial charge >= 0.3 is 12.1 Å². The second-order valence-electron chi connectivity index (χ2n) is 15.0. The zero-order valence-electron chi connectivity index (χ0n) is 31.5. The number of carbonyl (C=O) groups excluding carboxylic acids is 2. The summed E-state index contributed by atoms with van der Waals surface area (Å²) in [7, 11) is 4.16. The number of nitrogens with zero attached hydrogens (tertiary/aromatic N) is 5. The number of ether oxygens (including phenoxy) is 5. The number of rotatable bonds is 17. The Balaban J connectivity index is 1.86. The van der Waals surface area contributed by atoms with Gasteiger partial charge in [0, 0.05) is 49.7 Å². The Morgan fingerprint density at radius 2 is 1.90 bits per heavy atom. The van der Waals surface area contributed by atoms with Crippen molar-refractivity contribution in [1.82, 2.24) is 9.80 Å². The van der Waals surface area contributed by atoms with Crippen LogP contribution >= 0.6 is 0 Å². The van der Waals surface area contributed by atoms with Crippen LogP contribution in [0.1, 0.15) is 101 Å². The average molecular weight is 692 g/mol. The number of aliphatic hydroxyl groups excluding tert-OH is 1. The van der Waals surface area contributed by atoms with Gasteiger partial charge in [-0.15, -0.1) is 0 Å². The lowest BCUT2D eigenvalue weighted by Gasteiger charge is -2.44. The highest BCUT2D eigenvalue weighted by molar-refractivity contribution is 5.83. The van der Waals surface area contributed by atoms with Crippen LogP contribution in [0.4, 0.5) is 4.79 Å². The molecule has 0 spiro atoms. The van der Waals surface area contributed by atoms with Crippen molar-refractivity contribution in [1.29, 1.82) is 0 Å². The van der Waals surface area contributed by atoms with Crippen LogP contribution in [0.15, 0.2) is 28.6 Å². The van der Waals surface area contributed by atoms with Crippen LogP contribution < -0.4 is 0 Å². The quantitative estimate of drug-likeness (QED) is 0.0438. The van der Waals surface area contributed by atoms with Crippen molar-refractivity contribution in [3.8, 4) is 0 Å². The topological polar surface area (TPSA) is 156 Å². The molecule has 3 aliphatic rings. The van der Waals surface area contributed by atoms with Crippen LogP contribution in [0, 0.1) is 17.8 Å². The molecule has 0 aromatic carbocycles. The Hall–Kier alpha value is -2.83. The summed E-state index contributed by atoms with van der Waals surface area (Å²) in [5, 5.41) is 14.6. The van der Waals surface area contributed by atoms with Crippen molar-refractivity contribution in [3.63, 3.8) is 0 Å². The first-order chi connectivity index (χ1) is 22.9. The molecule has 3 aliphatic heterocycles. The first-order valence-electron chi connectivity index (χ1n) is 17.9. The number of esters is 1. The lowest BCUT2D eigenvalue weighted by molar-refractivity contribution is -0.250. The van der Waals surface area contributed by atoms with Crippen LogP contribution in [-0.2, 0) is 28.5 Å². The van der Waals surface area contributed by atoms with E-state index >= 15 is 0 Å². The third-order valence-electron chi connectivity index (χ3n) is 10.4. The van der Waals surface area contributed by atoms with Gasteiger partial charge in [0.2, 0.25) is 5.79 Å². The molecule has 49 heavy (non-hydrogen) atoms. The molecule has 13 nitrogen and oxygen atoms in total. The van der Waals surface area contributed by atoms with Gasteiger partial charge in [-0.1, -0.05) is 38.9 Å². The zero-order chi connectivity index (χ0) is 36.7. The lowest BCUT2D eigenvalue weighted by Crippen LogP contribution is -2.54. The monoisotopic (exact) mass is 691 g/mol. The number of carbonyl (C=O) groups is 2. The number of unbranched alkanes of at least 4 members (excludes halogenated alkanes) is 1. The van der Waals surface area contributed by atoms with E-state index in [0.29, 0.717) is 44.5 Å². The molecule has 3 rings (SSSR count). The molecule has 1 amide bonds. The van der Waals surface area contributed by atoms with Crippen molar-refractivity contribution in [2.24, 2.45) is 22.9 Å². The summed E-state index contributed by atoms with van der Waals surface area (Å²) >= 11 is 0. The molecule has 0 saturated carbocycles. The van der Waals surface area contributed by atoms with E-state index in [0.717, 1.165) is 18.4 Å². The standard InChI is InChI=1S/C36H61N5O8/c1-12-29(42)36(9)32(41(34(44)49-36)19-14-13-18-38-39-37)23(3)17-15-16-22(2)31(26(6)28-21-30(43)48-35(7,8)47-28)46-33-25(5)27(40(10)11)20-24(4)45-33/h16,21,23-27,29,31-33,42H,12-15,17-20H2,1-11H3/b22-16+/t23-,24?,25?,26-,27?,29+,31-,32+,33-,36+/m0/s1. The molecule has 278 valence electrons. The fourth-order valence-corrected chi connectivity index (χ4v) is 7.70. The molecule has 2 saturated heterocycles. The molecule has 0 aromatic rings. The van der Waals surface area contributed by atoms with Crippen LogP contribution in [0.2, 0.25) is 0 Å². The summed E-state index contributed by atoms with van der Waals surface area (Å²) < 4.78 is 30.6. The summed E-state index contributed by atoms with van der Waals surface area (Å²) in [5.41, 5.74) is 8.52. The molecular formula is C36H61N5O8. The van der Waals surface area contributed by atoms with Gasteiger partial charge in [-0.05, 0) is 90.4 Å². The number of allylic oxidation sites excluding steroid dienone is 1. The van der Waals surface area contributed by atoms with Crippen LogP contribution in [0.3, 0.4) is 0 Å². The summed E-state index contributed by atoms with van der Waals surface area (Å²) in [6, 6.07) is -0.0656. The fourth-order valence-electron chi connectivity index (χ4n) is 7.70. The maximum atomic E-state index is 13.1. The molecule has 10 atom stereocenters. The summed E-state index contributed by atoms with van der Waals surface area (Å²) in [4.78, 5) is 32.4. The average Bonchev–Trinajstić information content (AvgIpc) is 3.28. The molecule has 0 aromatic heterocycles. The summed E-state index contributed by atoms with van der Waals surface area (Å²) in [6.45, 7) is 18.3. The van der Waals surface area contributed by atoms with Crippen molar-refractivity contribution >= 4 is 12.1 Å². The van der Waals surface area contributed by atoms with E-state index in [4.69, 9.17) is 29.2 Å². The van der Waals surface area contributed by atoms with Gasteiger partial charge in [0.1, 0.15) is 5.76 Å². The van der Waals surface area contributed by atoms with Gasteiger partial charge in [0.05, 0.1) is 30.4 Å². The molecule has 2 fully saturated rings. The van der Waals surface area contributed by atoms with Crippen molar-refractivity contribution in [2.75, 3.05) is 27.2 Å². The van der Waals surface area contributed by atoms with E-state index in [9.17, 15) is 14.7 Å². The molecule has 1 N–H and O–H groups in total. The fraction of sp³-hybridized carbons (Fsp3) is 0.833. The van der Waals surface area contributed by atoms with E-state index in [1.807, 2.05) is 27.7 Å². The molecular weight excluding hydrogens is 630 g/mol. The number of hydrogen-bond acceptors (Lipinski definition) is 10. The number of hydrogen-bond donors (Lipinski definition) is 1. The first kappa shape index (κ1) is 40.6. The third-order valence-corrected chi connectivity index (χ3v) is 10.4. The van der Waals surface area contributed by atoms with Crippen LogP contribution in [0.25, 0.3) is 10.4 Å². The second-order valence-corrected chi connectivity index (χ2v) is 15.0. The Kier molecular flexibility index (Phi) is 14.4. The van der Waals surface area contributed by atoms with E-state index < -0.39 is 41.9 Å². The zero-order valence-corrected chi connectivity index (χ0v) is 31.5. The van der Waals surface area contributed by atoms with Crippen LogP contribution in [-0.4, -0.2) is 102 Å². The highest BCUT2D eigenvalue weighted by Crippen LogP contribution is 2.40. The van der Waals surface area contributed by atoms with Crippen molar-refractivity contribution < 1.29 is 38.4 Å². The van der Waals surface area contributed by atoms with Gasteiger partial charge < -0.3 is 38.6 Å². The van der Waals surface area contributed by atoms with Gasteiger partial charge in [0.25, 0.3) is 0 Å². The maximum absolute atomic E-state index is 13.1. The van der Waals surface area contributed by atoms with Crippen molar-refractivity contribution in [3.05, 3.63) is 33.9 Å². The van der Waals surface area contributed by atoms with Gasteiger partial charge in [-0.3, -0.25) is 0 Å². The highest BCUT2D eigenvalue weighted by atomic mass is 16.7. The molecule has 13 heteroatoms. The van der Waals surface area contributed by atoms with E-state index in [-0.39, 0.29) is 35.9 Å². The minimum Gasteiger partial charge on any atom is -0.456 e. The minimum atomic E-state index is -1.10. The van der Waals surface area contributed by atoms with Crippen molar-refractivity contribution in [2.45, 2.75) is 149 Å². The summed E-state index contributed by atoms with van der Waals surface area (Å²) in [5.74, 6) is -1.30. The summed E-state index contributed by atoms with van der Waals surface area (Å²) in [6.07, 6.45) is 5.44. The normalized spacial score (nSPS) is 31.2. The van der Waals surface area contributed by atoms with Gasteiger partial charge in [0.15, 0.2) is 11.9 Å². The second kappa shape index (κ2) is 17.4. The molecule has 0 radical (unpaired) electrons. The number of amides is 1. The van der Waals surface area contributed by atoms with Gasteiger partial charge in [-0.2, -0.15) is 0 Å². The SMILES string of the molecule is CC[C@@H](O)[C@@]1(C)OC(=O)N(CCCCN=[N+]=[N-])[C@@H]1[C@@H](C)CC/C=C(\C)[C@H](O[C@@H]1OC(C)CC(N(C)C)C1C)[C@@H](C)C1=CC(=O)OC(C)(C)O1. The number of cyclic esters (lactones) is 2. The molecule has 3 unspecified atom stereocenters. The molecule has 0 aliphatic carbocycles. The highest BCUT2D eigenvalue weighted by Gasteiger charge is 2.56.